The van der Waals surface area contributed by atoms with Crippen LogP contribution >= 0.6 is 15.9 Å². The Morgan fingerprint density at radius 3 is 3.17 bits per heavy atom. The van der Waals surface area contributed by atoms with Crippen molar-refractivity contribution < 1.29 is 9.26 Å². The number of halogens is 1. The highest BCUT2D eigenvalue weighted by atomic mass is 79.9. The Bertz CT molecular complexity index is 528. The van der Waals surface area contributed by atoms with E-state index in [-0.39, 0.29) is 0 Å². The lowest BCUT2D eigenvalue weighted by molar-refractivity contribution is 0.251. The zero-order valence-corrected chi connectivity index (χ0v) is 11.3. The van der Waals surface area contributed by atoms with Crippen molar-refractivity contribution in [3.05, 3.63) is 46.3 Å². The molecule has 0 saturated heterocycles. The molecule has 2 aromatic rings. The van der Waals surface area contributed by atoms with Crippen molar-refractivity contribution in [3.63, 3.8) is 0 Å². The first-order valence-corrected chi connectivity index (χ1v) is 6.67. The summed E-state index contributed by atoms with van der Waals surface area (Å²) in [6, 6.07) is 8.27. The third kappa shape index (κ3) is 2.42. The number of nitrogens with one attached hydrogen (secondary N) is 1. The minimum Gasteiger partial charge on any atom is -0.493 e. The van der Waals surface area contributed by atoms with Crippen molar-refractivity contribution in [1.29, 1.82) is 0 Å². The molecule has 94 valence electrons. The molecule has 0 saturated carbocycles. The Morgan fingerprint density at radius 1 is 1.39 bits per heavy atom. The highest BCUT2D eigenvalue weighted by Gasteiger charge is 2.21. The molecule has 1 aromatic heterocycles. The van der Waals surface area contributed by atoms with Gasteiger partial charge in [-0.15, -0.1) is 0 Å². The predicted molar refractivity (Wildman–Crippen MR) is 70.3 cm³/mol. The Kier molecular flexibility index (Phi) is 3.34. The molecule has 0 aliphatic carbocycles. The molecule has 0 bridgehead atoms. The highest BCUT2D eigenvalue weighted by molar-refractivity contribution is 9.10. The van der Waals surface area contributed by atoms with Gasteiger partial charge in [0.25, 0.3) is 0 Å². The molecule has 18 heavy (non-hydrogen) atoms. The van der Waals surface area contributed by atoms with Crippen LogP contribution in [0.5, 0.6) is 5.75 Å². The monoisotopic (exact) mass is 308 g/mol. The molecule has 4 nitrogen and oxygen atoms in total. The molecule has 0 spiro atoms. The van der Waals surface area contributed by atoms with E-state index >= 15 is 0 Å². The lowest BCUT2D eigenvalue weighted by atomic mass is 10.0. The standard InChI is InChI=1S/C13H13BrN2O2/c14-9-1-2-13-11(7-9)12(4-5-17-13)15-8-10-3-6-18-16-10/h1-3,6-7,12,15H,4-5,8H2. The van der Waals surface area contributed by atoms with E-state index in [2.05, 4.69) is 32.5 Å². The summed E-state index contributed by atoms with van der Waals surface area (Å²) < 4.78 is 11.5. The number of benzene rings is 1. The van der Waals surface area contributed by atoms with Gasteiger partial charge in [-0.2, -0.15) is 0 Å². The molecule has 1 aliphatic rings. The van der Waals surface area contributed by atoms with Crippen LogP contribution in [0.1, 0.15) is 23.7 Å². The second-order valence-corrected chi connectivity index (χ2v) is 5.16. The molecule has 1 aliphatic heterocycles. The van der Waals surface area contributed by atoms with Crippen LogP contribution in [0.4, 0.5) is 0 Å². The van der Waals surface area contributed by atoms with Crippen molar-refractivity contribution in [3.8, 4) is 5.75 Å². The minimum absolute atomic E-state index is 0.294. The van der Waals surface area contributed by atoms with Gasteiger partial charge in [0, 0.05) is 35.1 Å². The molecule has 0 radical (unpaired) electrons. The summed E-state index contributed by atoms with van der Waals surface area (Å²) in [4.78, 5) is 0. The van der Waals surface area contributed by atoms with Crippen LogP contribution in [-0.4, -0.2) is 11.8 Å². The number of fused-ring (bicyclic) bond motifs is 1. The van der Waals surface area contributed by atoms with Crippen LogP contribution in [0, 0.1) is 0 Å². The van der Waals surface area contributed by atoms with Gasteiger partial charge in [-0.25, -0.2) is 0 Å². The fraction of sp³-hybridized carbons (Fsp3) is 0.308. The molecule has 3 rings (SSSR count). The molecule has 1 aromatic carbocycles. The molecular formula is C13H13BrN2O2. The smallest absolute Gasteiger partial charge is 0.124 e. The first-order valence-electron chi connectivity index (χ1n) is 5.88. The molecule has 0 amide bonds. The van der Waals surface area contributed by atoms with E-state index in [1.54, 1.807) is 6.26 Å². The topological polar surface area (TPSA) is 47.3 Å². The Labute approximate surface area is 113 Å². The summed E-state index contributed by atoms with van der Waals surface area (Å²) in [6.07, 6.45) is 2.55. The average Bonchev–Trinajstić information content (AvgIpc) is 2.89. The normalized spacial score (nSPS) is 18.2. The van der Waals surface area contributed by atoms with Gasteiger partial charge in [-0.1, -0.05) is 21.1 Å². The van der Waals surface area contributed by atoms with Crippen LogP contribution in [0.2, 0.25) is 0 Å². The van der Waals surface area contributed by atoms with Crippen molar-refractivity contribution in [1.82, 2.24) is 10.5 Å². The number of aromatic nitrogens is 1. The average molecular weight is 309 g/mol. The van der Waals surface area contributed by atoms with Gasteiger partial charge in [-0.3, -0.25) is 0 Å². The Hall–Kier alpha value is -1.33. The summed E-state index contributed by atoms with van der Waals surface area (Å²) in [5.41, 5.74) is 2.11. The third-order valence-electron chi connectivity index (χ3n) is 3.03. The number of hydrogen-bond acceptors (Lipinski definition) is 4. The van der Waals surface area contributed by atoms with Crippen LogP contribution < -0.4 is 10.1 Å². The van der Waals surface area contributed by atoms with Gasteiger partial charge >= 0.3 is 0 Å². The second-order valence-electron chi connectivity index (χ2n) is 4.24. The molecular weight excluding hydrogens is 296 g/mol. The first-order chi connectivity index (χ1) is 8.83. The van der Waals surface area contributed by atoms with Gasteiger partial charge in [-0.05, 0) is 18.2 Å². The number of hydrogen-bond donors (Lipinski definition) is 1. The number of ether oxygens (including phenoxy) is 1. The largest absolute Gasteiger partial charge is 0.493 e. The van der Waals surface area contributed by atoms with E-state index in [4.69, 9.17) is 9.26 Å². The van der Waals surface area contributed by atoms with Crippen molar-refractivity contribution in [2.24, 2.45) is 0 Å². The highest BCUT2D eigenvalue weighted by Crippen LogP contribution is 2.34. The fourth-order valence-corrected chi connectivity index (χ4v) is 2.51. The van der Waals surface area contributed by atoms with Crippen LogP contribution in [0.15, 0.2) is 39.5 Å². The van der Waals surface area contributed by atoms with E-state index in [1.807, 2.05) is 18.2 Å². The van der Waals surface area contributed by atoms with Gasteiger partial charge < -0.3 is 14.6 Å². The Balaban J connectivity index is 1.76. The maximum absolute atomic E-state index is 5.65. The summed E-state index contributed by atoms with van der Waals surface area (Å²) >= 11 is 3.50. The van der Waals surface area contributed by atoms with E-state index in [0.717, 1.165) is 28.9 Å². The summed E-state index contributed by atoms with van der Waals surface area (Å²) in [6.45, 7) is 1.44. The van der Waals surface area contributed by atoms with Crippen LogP contribution in [-0.2, 0) is 6.54 Å². The second kappa shape index (κ2) is 5.12. The maximum atomic E-state index is 5.65. The molecule has 2 heterocycles. The SMILES string of the molecule is Brc1ccc2c(c1)C(NCc1ccon1)CCO2. The predicted octanol–water partition coefficient (Wildman–Crippen LogP) is 3.05. The summed E-state index contributed by atoms with van der Waals surface area (Å²) in [5, 5.41) is 7.38. The molecule has 1 unspecified atom stereocenters. The van der Waals surface area contributed by atoms with Gasteiger partial charge in [0.15, 0.2) is 0 Å². The molecule has 1 atom stereocenters. The van der Waals surface area contributed by atoms with Crippen molar-refractivity contribution in [2.45, 2.75) is 19.0 Å². The molecule has 1 N–H and O–H groups in total. The Morgan fingerprint density at radius 2 is 2.33 bits per heavy atom. The summed E-state index contributed by atoms with van der Waals surface area (Å²) in [7, 11) is 0. The lowest BCUT2D eigenvalue weighted by Gasteiger charge is -2.26. The quantitative estimate of drug-likeness (QED) is 0.946. The fourth-order valence-electron chi connectivity index (χ4n) is 2.13. The van der Waals surface area contributed by atoms with Gasteiger partial charge in [0.1, 0.15) is 12.0 Å². The van der Waals surface area contributed by atoms with Crippen molar-refractivity contribution in [2.75, 3.05) is 6.61 Å². The van der Waals surface area contributed by atoms with Crippen LogP contribution in [0.25, 0.3) is 0 Å². The van der Waals surface area contributed by atoms with E-state index in [0.29, 0.717) is 12.6 Å². The van der Waals surface area contributed by atoms with E-state index in [9.17, 15) is 0 Å². The lowest BCUT2D eigenvalue weighted by Crippen LogP contribution is -2.26. The zero-order valence-electron chi connectivity index (χ0n) is 9.73. The molecule has 5 heteroatoms. The zero-order chi connectivity index (χ0) is 12.4. The number of nitrogens with zero attached hydrogens (tertiary/aromatic N) is 1. The van der Waals surface area contributed by atoms with E-state index in [1.165, 1.54) is 5.56 Å². The number of rotatable bonds is 3. The van der Waals surface area contributed by atoms with Crippen LogP contribution in [0.3, 0.4) is 0 Å². The third-order valence-corrected chi connectivity index (χ3v) is 3.53. The first kappa shape index (κ1) is 11.7. The summed E-state index contributed by atoms with van der Waals surface area (Å²) in [5.74, 6) is 0.960. The van der Waals surface area contributed by atoms with Gasteiger partial charge in [0.2, 0.25) is 0 Å². The molecule has 0 fully saturated rings. The van der Waals surface area contributed by atoms with Gasteiger partial charge in [0.05, 0.1) is 12.3 Å². The van der Waals surface area contributed by atoms with E-state index < -0.39 is 0 Å². The minimum atomic E-state index is 0.294. The maximum Gasteiger partial charge on any atom is 0.124 e. The van der Waals surface area contributed by atoms with Crippen molar-refractivity contribution >= 4 is 15.9 Å².